The molecule has 0 aliphatic heterocycles. The van der Waals surface area contributed by atoms with E-state index in [1.807, 2.05) is 0 Å². The molecule has 0 saturated heterocycles. The third kappa shape index (κ3) is 5.65. The lowest BCUT2D eigenvalue weighted by Gasteiger charge is -2.15. The fourth-order valence-corrected chi connectivity index (χ4v) is 5.39. The average Bonchev–Trinajstić information content (AvgIpc) is 3.13. The number of aryl methyl sites for hydroxylation is 1. The van der Waals surface area contributed by atoms with Crippen molar-refractivity contribution in [1.82, 2.24) is 9.97 Å². The molecule has 0 spiro atoms. The molecule has 4 aromatic rings. The van der Waals surface area contributed by atoms with Gasteiger partial charge in [-0.3, -0.25) is 9.52 Å². The zero-order valence-electron chi connectivity index (χ0n) is 18.4. The molecule has 1 aromatic heterocycles. The lowest BCUT2D eigenvalue weighted by atomic mass is 10.1. The standard InChI is InChI=1S/C23H18Cl3N3O5S/c1-12-27-17-10-19(29-35(31,32)22-6-4-14(24)9-16(22)26)21(11-18(17)28-12)34-20-5-3-13(7-15(20)25)8-23(30)33-2/h3-7,9-11,29H,8H2,1-2H3,(H,27,28). The summed E-state index contributed by atoms with van der Waals surface area (Å²) < 4.78 is 39.4. The van der Waals surface area contributed by atoms with Gasteiger partial charge in [0.15, 0.2) is 5.75 Å². The molecule has 0 saturated carbocycles. The number of nitrogens with one attached hydrogen (secondary N) is 2. The Balaban J connectivity index is 1.73. The van der Waals surface area contributed by atoms with Crippen LogP contribution in [0.1, 0.15) is 11.4 Å². The molecule has 4 rings (SSSR count). The quantitative estimate of drug-likeness (QED) is 0.266. The number of ether oxygens (including phenoxy) is 2. The Kier molecular flexibility index (Phi) is 7.14. The van der Waals surface area contributed by atoms with Gasteiger partial charge in [0.2, 0.25) is 0 Å². The largest absolute Gasteiger partial charge is 0.469 e. The van der Waals surface area contributed by atoms with Gasteiger partial charge in [0, 0.05) is 11.1 Å². The number of rotatable bonds is 7. The van der Waals surface area contributed by atoms with Crippen molar-refractivity contribution >= 4 is 67.5 Å². The molecule has 0 unspecified atom stereocenters. The number of hydrogen-bond donors (Lipinski definition) is 2. The third-order valence-electron chi connectivity index (χ3n) is 4.92. The van der Waals surface area contributed by atoms with Crippen LogP contribution in [0.25, 0.3) is 11.0 Å². The molecule has 0 radical (unpaired) electrons. The van der Waals surface area contributed by atoms with Crippen molar-refractivity contribution in [1.29, 1.82) is 0 Å². The van der Waals surface area contributed by atoms with Crippen LogP contribution in [-0.2, 0) is 26.0 Å². The maximum absolute atomic E-state index is 13.1. The summed E-state index contributed by atoms with van der Waals surface area (Å²) in [5, 5.41) is 0.493. The van der Waals surface area contributed by atoms with Crippen LogP contribution in [0.15, 0.2) is 53.4 Å². The molecule has 3 aromatic carbocycles. The number of halogens is 3. The van der Waals surface area contributed by atoms with E-state index in [1.165, 1.54) is 25.3 Å². The van der Waals surface area contributed by atoms with Crippen LogP contribution in [0, 0.1) is 6.92 Å². The maximum atomic E-state index is 13.1. The minimum atomic E-state index is -4.11. The summed E-state index contributed by atoms with van der Waals surface area (Å²) in [4.78, 5) is 18.8. The first-order valence-electron chi connectivity index (χ1n) is 10.1. The number of carbonyl (C=O) groups excluding carboxylic acids is 1. The Bertz CT molecular complexity index is 1550. The lowest BCUT2D eigenvalue weighted by Crippen LogP contribution is -2.14. The van der Waals surface area contributed by atoms with Gasteiger partial charge in [-0.15, -0.1) is 0 Å². The number of nitrogens with zero attached hydrogens (tertiary/aromatic N) is 1. The maximum Gasteiger partial charge on any atom is 0.309 e. The number of sulfonamides is 1. The summed E-state index contributed by atoms with van der Waals surface area (Å²) in [6.07, 6.45) is 0.0436. The summed E-state index contributed by atoms with van der Waals surface area (Å²) in [7, 11) is -2.81. The number of imidazole rings is 1. The smallest absolute Gasteiger partial charge is 0.309 e. The first kappa shape index (κ1) is 25.1. The molecule has 0 bridgehead atoms. The molecule has 0 fully saturated rings. The van der Waals surface area contributed by atoms with Gasteiger partial charge in [-0.25, -0.2) is 13.4 Å². The van der Waals surface area contributed by atoms with Gasteiger partial charge >= 0.3 is 5.97 Å². The number of methoxy groups -OCH3 is 1. The van der Waals surface area contributed by atoms with Gasteiger partial charge < -0.3 is 14.5 Å². The molecule has 2 N–H and O–H groups in total. The van der Waals surface area contributed by atoms with Crippen molar-refractivity contribution in [3.63, 3.8) is 0 Å². The van der Waals surface area contributed by atoms with Crippen LogP contribution in [0.5, 0.6) is 11.5 Å². The first-order valence-corrected chi connectivity index (χ1v) is 12.7. The second-order valence-electron chi connectivity index (χ2n) is 7.49. The van der Waals surface area contributed by atoms with E-state index >= 15 is 0 Å². The molecule has 35 heavy (non-hydrogen) atoms. The fraction of sp³-hybridized carbons (Fsp3) is 0.130. The van der Waals surface area contributed by atoms with Crippen molar-refractivity contribution in [2.24, 2.45) is 0 Å². The highest BCUT2D eigenvalue weighted by Gasteiger charge is 2.22. The molecular weight excluding hydrogens is 537 g/mol. The van der Waals surface area contributed by atoms with Crippen LogP contribution in [-0.4, -0.2) is 31.5 Å². The Morgan fingerprint density at radius 2 is 1.80 bits per heavy atom. The predicted octanol–water partition coefficient (Wildman–Crippen LogP) is 6.14. The highest BCUT2D eigenvalue weighted by molar-refractivity contribution is 7.92. The predicted molar refractivity (Wildman–Crippen MR) is 135 cm³/mol. The van der Waals surface area contributed by atoms with Crippen molar-refractivity contribution in [2.45, 2.75) is 18.2 Å². The van der Waals surface area contributed by atoms with E-state index in [1.54, 1.807) is 37.3 Å². The highest BCUT2D eigenvalue weighted by Crippen LogP contribution is 2.38. The Labute approximate surface area is 216 Å². The minimum absolute atomic E-state index is 0.0322. The number of carbonyl (C=O) groups is 1. The fourth-order valence-electron chi connectivity index (χ4n) is 3.32. The monoisotopic (exact) mass is 553 g/mol. The van der Waals surface area contributed by atoms with Crippen LogP contribution in [0.4, 0.5) is 5.69 Å². The van der Waals surface area contributed by atoms with E-state index in [-0.39, 0.29) is 38.5 Å². The number of esters is 1. The number of aromatic amines is 1. The van der Waals surface area contributed by atoms with Crippen LogP contribution in [0.2, 0.25) is 15.1 Å². The molecule has 8 nitrogen and oxygen atoms in total. The van der Waals surface area contributed by atoms with Gasteiger partial charge in [-0.1, -0.05) is 40.9 Å². The number of anilines is 1. The van der Waals surface area contributed by atoms with Gasteiger partial charge in [0.1, 0.15) is 16.5 Å². The number of hydrogen-bond acceptors (Lipinski definition) is 6. The van der Waals surface area contributed by atoms with E-state index in [4.69, 9.17) is 39.5 Å². The molecule has 1 heterocycles. The lowest BCUT2D eigenvalue weighted by molar-refractivity contribution is -0.139. The Hall–Kier alpha value is -2.98. The zero-order valence-corrected chi connectivity index (χ0v) is 21.4. The summed E-state index contributed by atoms with van der Waals surface area (Å²) in [5.74, 6) is 0.626. The molecule has 0 amide bonds. The molecular formula is C23H18Cl3N3O5S. The van der Waals surface area contributed by atoms with Crippen molar-refractivity contribution in [3.8, 4) is 11.5 Å². The summed E-state index contributed by atoms with van der Waals surface area (Å²) in [6.45, 7) is 1.77. The summed E-state index contributed by atoms with van der Waals surface area (Å²) in [5.41, 5.74) is 1.91. The molecule has 182 valence electrons. The van der Waals surface area contributed by atoms with Crippen molar-refractivity contribution in [3.05, 3.63) is 75.0 Å². The van der Waals surface area contributed by atoms with Gasteiger partial charge in [-0.05, 0) is 48.9 Å². The highest BCUT2D eigenvalue weighted by atomic mass is 35.5. The second kappa shape index (κ2) is 9.94. The van der Waals surface area contributed by atoms with Crippen molar-refractivity contribution < 1.29 is 22.7 Å². The summed E-state index contributed by atoms with van der Waals surface area (Å²) in [6, 6.07) is 12.0. The van der Waals surface area contributed by atoms with E-state index < -0.39 is 16.0 Å². The van der Waals surface area contributed by atoms with E-state index in [9.17, 15) is 13.2 Å². The van der Waals surface area contributed by atoms with Crippen LogP contribution in [0.3, 0.4) is 0 Å². The number of fused-ring (bicyclic) bond motifs is 1. The average molecular weight is 555 g/mol. The SMILES string of the molecule is COC(=O)Cc1ccc(Oc2cc3nc(C)[nH]c3cc2NS(=O)(=O)c2ccc(Cl)cc2Cl)c(Cl)c1. The Morgan fingerprint density at radius 1 is 1.03 bits per heavy atom. The van der Waals surface area contributed by atoms with E-state index in [0.29, 0.717) is 27.4 Å². The third-order valence-corrected chi connectivity index (χ3v) is 7.30. The normalized spacial score (nSPS) is 11.5. The van der Waals surface area contributed by atoms with Crippen molar-refractivity contribution in [2.75, 3.05) is 11.8 Å². The first-order chi connectivity index (χ1) is 16.6. The second-order valence-corrected chi connectivity index (χ2v) is 10.4. The van der Waals surface area contributed by atoms with Gasteiger partial charge in [-0.2, -0.15) is 0 Å². The Morgan fingerprint density at radius 3 is 2.49 bits per heavy atom. The number of aromatic nitrogens is 2. The molecule has 0 aliphatic carbocycles. The molecule has 12 heteroatoms. The van der Waals surface area contributed by atoms with Crippen LogP contribution >= 0.6 is 34.8 Å². The van der Waals surface area contributed by atoms with E-state index in [0.717, 1.165) is 0 Å². The molecule has 0 aliphatic rings. The van der Waals surface area contributed by atoms with Gasteiger partial charge in [0.05, 0.1) is 40.3 Å². The number of H-pyrrole nitrogens is 1. The van der Waals surface area contributed by atoms with E-state index in [2.05, 4.69) is 19.4 Å². The zero-order chi connectivity index (χ0) is 25.3. The minimum Gasteiger partial charge on any atom is -0.469 e. The number of benzene rings is 3. The topological polar surface area (TPSA) is 110 Å². The summed E-state index contributed by atoms with van der Waals surface area (Å²) >= 11 is 18.4. The molecule has 0 atom stereocenters. The van der Waals surface area contributed by atoms with Crippen LogP contribution < -0.4 is 9.46 Å². The van der Waals surface area contributed by atoms with Gasteiger partial charge in [0.25, 0.3) is 10.0 Å².